The van der Waals surface area contributed by atoms with Crippen LogP contribution < -0.4 is 10.1 Å². The summed E-state index contributed by atoms with van der Waals surface area (Å²) in [4.78, 5) is 0. The summed E-state index contributed by atoms with van der Waals surface area (Å²) >= 11 is 6.48. The monoisotopic (exact) mass is 419 g/mol. The molecular weight excluding hydrogens is 408 g/mol. The lowest BCUT2D eigenvalue weighted by Crippen LogP contribution is -2.20. The molecule has 0 saturated carbocycles. The molecule has 2 aromatic carbocycles. The number of methoxy groups -OCH3 is 1. The number of halogens is 4. The zero-order valence-electron chi connectivity index (χ0n) is 11.4. The molecule has 1 N–H and O–H groups in total. The highest BCUT2D eigenvalue weighted by molar-refractivity contribution is 9.10. The number of hydrogen-bond acceptors (Lipinski definition) is 2. The van der Waals surface area contributed by atoms with Gasteiger partial charge in [0.2, 0.25) is 0 Å². The summed E-state index contributed by atoms with van der Waals surface area (Å²) in [7, 11) is 3.16. The summed E-state index contributed by atoms with van der Waals surface area (Å²) in [5.74, 6) is -0.422. The Morgan fingerprint density at radius 3 is 2.38 bits per heavy atom. The van der Waals surface area contributed by atoms with Crippen LogP contribution in [-0.2, 0) is 0 Å². The van der Waals surface area contributed by atoms with Gasteiger partial charge in [-0.2, -0.15) is 0 Å². The second kappa shape index (κ2) is 6.85. The number of nitrogens with one attached hydrogen (secondary N) is 1. The molecule has 0 radical (unpaired) electrons. The van der Waals surface area contributed by atoms with E-state index in [9.17, 15) is 8.78 Å². The third-order valence-corrected chi connectivity index (χ3v) is 4.24. The first-order valence-electron chi connectivity index (χ1n) is 6.13. The van der Waals surface area contributed by atoms with Crippen molar-refractivity contribution in [3.8, 4) is 5.75 Å². The molecule has 2 aromatic rings. The van der Waals surface area contributed by atoms with Crippen LogP contribution in [0, 0.1) is 11.6 Å². The van der Waals surface area contributed by atoms with Crippen molar-refractivity contribution in [1.82, 2.24) is 5.32 Å². The van der Waals surface area contributed by atoms with Gasteiger partial charge >= 0.3 is 0 Å². The molecule has 21 heavy (non-hydrogen) atoms. The maximum absolute atomic E-state index is 14.1. The van der Waals surface area contributed by atoms with Crippen LogP contribution in [0.5, 0.6) is 5.75 Å². The summed E-state index contributed by atoms with van der Waals surface area (Å²) < 4.78 is 34.0. The van der Waals surface area contributed by atoms with Gasteiger partial charge in [0.15, 0.2) is 0 Å². The van der Waals surface area contributed by atoms with Gasteiger partial charge < -0.3 is 10.1 Å². The number of benzene rings is 2. The van der Waals surface area contributed by atoms with Crippen LogP contribution >= 0.6 is 31.9 Å². The van der Waals surface area contributed by atoms with Gasteiger partial charge in [0.1, 0.15) is 17.4 Å². The molecule has 0 aliphatic heterocycles. The minimum absolute atomic E-state index is 0.300. The summed E-state index contributed by atoms with van der Waals surface area (Å²) in [5.41, 5.74) is 1.09. The van der Waals surface area contributed by atoms with E-state index in [0.717, 1.165) is 4.47 Å². The quantitative estimate of drug-likeness (QED) is 0.766. The lowest BCUT2D eigenvalue weighted by Gasteiger charge is -2.21. The highest BCUT2D eigenvalue weighted by atomic mass is 79.9. The fourth-order valence-corrected chi connectivity index (χ4v) is 2.90. The average molecular weight is 421 g/mol. The van der Waals surface area contributed by atoms with E-state index in [1.807, 2.05) is 0 Å². The van der Waals surface area contributed by atoms with Gasteiger partial charge in [0.25, 0.3) is 0 Å². The second-order valence-corrected chi connectivity index (χ2v) is 6.17. The van der Waals surface area contributed by atoms with E-state index in [1.165, 1.54) is 19.2 Å². The summed E-state index contributed by atoms with van der Waals surface area (Å²) in [5, 5.41) is 3.04. The first-order chi connectivity index (χ1) is 9.97. The van der Waals surface area contributed by atoms with Gasteiger partial charge in [-0.1, -0.05) is 15.9 Å². The van der Waals surface area contributed by atoms with Crippen molar-refractivity contribution in [2.24, 2.45) is 0 Å². The van der Waals surface area contributed by atoms with Crippen LogP contribution in [-0.4, -0.2) is 14.2 Å². The van der Waals surface area contributed by atoms with Crippen LogP contribution in [0.4, 0.5) is 8.78 Å². The molecule has 112 valence electrons. The second-order valence-electron chi connectivity index (χ2n) is 4.40. The van der Waals surface area contributed by atoms with Crippen molar-refractivity contribution in [1.29, 1.82) is 0 Å². The molecule has 2 rings (SSSR count). The fraction of sp³-hybridized carbons (Fsp3) is 0.200. The Balaban J connectivity index is 2.61. The Bertz CT molecular complexity index is 664. The van der Waals surface area contributed by atoms with Crippen molar-refractivity contribution in [2.45, 2.75) is 6.04 Å². The molecule has 0 aliphatic carbocycles. The van der Waals surface area contributed by atoms with Crippen molar-refractivity contribution in [3.63, 3.8) is 0 Å². The number of rotatable bonds is 4. The Morgan fingerprint density at radius 1 is 1.05 bits per heavy atom. The van der Waals surface area contributed by atoms with Gasteiger partial charge in [0.05, 0.1) is 17.6 Å². The fourth-order valence-electron chi connectivity index (χ4n) is 2.16. The van der Waals surface area contributed by atoms with Crippen LogP contribution in [0.3, 0.4) is 0 Å². The Labute approximate surface area is 138 Å². The minimum atomic E-state index is -0.464. The molecule has 0 amide bonds. The third kappa shape index (κ3) is 3.44. The predicted molar refractivity (Wildman–Crippen MR) is 85.7 cm³/mol. The SMILES string of the molecule is CNC(c1cc(Br)ccc1F)c1cc(Br)c(F)cc1OC. The Hall–Kier alpha value is -0.980. The minimum Gasteiger partial charge on any atom is -0.496 e. The highest BCUT2D eigenvalue weighted by Crippen LogP contribution is 2.35. The molecule has 0 spiro atoms. The van der Waals surface area contributed by atoms with E-state index in [4.69, 9.17) is 4.74 Å². The third-order valence-electron chi connectivity index (χ3n) is 3.14. The Kier molecular flexibility index (Phi) is 5.35. The zero-order valence-corrected chi connectivity index (χ0v) is 14.6. The van der Waals surface area contributed by atoms with E-state index in [0.29, 0.717) is 21.3 Å². The van der Waals surface area contributed by atoms with Crippen molar-refractivity contribution < 1.29 is 13.5 Å². The van der Waals surface area contributed by atoms with E-state index >= 15 is 0 Å². The van der Waals surface area contributed by atoms with Crippen molar-refractivity contribution >= 4 is 31.9 Å². The zero-order chi connectivity index (χ0) is 15.6. The molecule has 2 nitrogen and oxygen atoms in total. The molecule has 1 unspecified atom stereocenters. The van der Waals surface area contributed by atoms with Gasteiger partial charge in [-0.05, 0) is 47.2 Å². The molecule has 0 aromatic heterocycles. The lowest BCUT2D eigenvalue weighted by molar-refractivity contribution is 0.400. The first kappa shape index (κ1) is 16.4. The largest absolute Gasteiger partial charge is 0.496 e. The molecule has 0 bridgehead atoms. The number of hydrogen-bond donors (Lipinski definition) is 1. The smallest absolute Gasteiger partial charge is 0.141 e. The molecule has 1 atom stereocenters. The van der Waals surface area contributed by atoms with E-state index in [-0.39, 0.29) is 5.82 Å². The Morgan fingerprint density at radius 2 is 1.76 bits per heavy atom. The maximum atomic E-state index is 14.1. The molecule has 6 heteroatoms. The summed E-state index contributed by atoms with van der Waals surface area (Å²) in [6, 6.07) is 7.11. The first-order valence-corrected chi connectivity index (χ1v) is 7.71. The van der Waals surface area contributed by atoms with E-state index < -0.39 is 11.9 Å². The van der Waals surface area contributed by atoms with Crippen LogP contribution in [0.15, 0.2) is 39.3 Å². The van der Waals surface area contributed by atoms with Gasteiger partial charge in [-0.25, -0.2) is 8.78 Å². The topological polar surface area (TPSA) is 21.3 Å². The van der Waals surface area contributed by atoms with E-state index in [1.54, 1.807) is 25.2 Å². The van der Waals surface area contributed by atoms with Crippen LogP contribution in [0.25, 0.3) is 0 Å². The molecule has 0 aliphatic rings. The van der Waals surface area contributed by atoms with Gasteiger partial charge in [-0.3, -0.25) is 0 Å². The summed E-state index contributed by atoms with van der Waals surface area (Å²) in [6.07, 6.45) is 0. The van der Waals surface area contributed by atoms with Gasteiger partial charge in [-0.15, -0.1) is 0 Å². The number of ether oxygens (including phenoxy) is 1. The summed E-state index contributed by atoms with van der Waals surface area (Å²) in [6.45, 7) is 0. The maximum Gasteiger partial charge on any atom is 0.141 e. The highest BCUT2D eigenvalue weighted by Gasteiger charge is 2.22. The van der Waals surface area contributed by atoms with Crippen molar-refractivity contribution in [2.75, 3.05) is 14.2 Å². The standard InChI is InChI=1S/C15H13Br2F2NO/c1-20-15(9-5-8(16)3-4-12(9)18)10-6-11(17)13(19)7-14(10)21-2/h3-7,15,20H,1-2H3. The normalized spacial score (nSPS) is 12.3. The van der Waals surface area contributed by atoms with Crippen LogP contribution in [0.1, 0.15) is 17.2 Å². The van der Waals surface area contributed by atoms with Gasteiger partial charge in [0, 0.05) is 21.7 Å². The van der Waals surface area contributed by atoms with Crippen molar-refractivity contribution in [3.05, 3.63) is 62.0 Å². The van der Waals surface area contributed by atoms with E-state index in [2.05, 4.69) is 37.2 Å². The lowest BCUT2D eigenvalue weighted by atomic mass is 9.97. The predicted octanol–water partition coefficient (Wildman–Crippen LogP) is 4.81. The average Bonchev–Trinajstić information content (AvgIpc) is 2.46. The molecule has 0 heterocycles. The molecule has 0 saturated heterocycles. The molecular formula is C15H13Br2F2NO. The van der Waals surface area contributed by atoms with Crippen LogP contribution in [0.2, 0.25) is 0 Å². The molecule has 0 fully saturated rings.